The fourth-order valence-electron chi connectivity index (χ4n) is 2.13. The van der Waals surface area contributed by atoms with E-state index in [-0.39, 0.29) is 17.8 Å². The largest absolute Gasteiger partial charge is 0.370 e. The summed E-state index contributed by atoms with van der Waals surface area (Å²) in [5.74, 6) is 1.57. The van der Waals surface area contributed by atoms with Crippen molar-refractivity contribution in [2.75, 3.05) is 22.9 Å². The van der Waals surface area contributed by atoms with Crippen LogP contribution in [0.2, 0.25) is 0 Å². The van der Waals surface area contributed by atoms with Crippen LogP contribution in [0.3, 0.4) is 0 Å². The van der Waals surface area contributed by atoms with E-state index in [0.29, 0.717) is 12.2 Å². The van der Waals surface area contributed by atoms with Gasteiger partial charge in [0.2, 0.25) is 11.9 Å². The van der Waals surface area contributed by atoms with Crippen molar-refractivity contribution in [3.63, 3.8) is 0 Å². The number of unbranched alkanes of at least 4 members (excludes halogenated alkanes) is 1. The van der Waals surface area contributed by atoms with E-state index in [1.165, 1.54) is 0 Å². The first-order chi connectivity index (χ1) is 8.61. The van der Waals surface area contributed by atoms with Gasteiger partial charge in [0, 0.05) is 18.5 Å². The summed E-state index contributed by atoms with van der Waals surface area (Å²) in [5.41, 5.74) is 6.62. The number of carbonyl (C=O) groups excluding carboxylic acids is 1. The first kappa shape index (κ1) is 12.6. The maximum Gasteiger partial charge on any atom is 0.226 e. The lowest BCUT2D eigenvalue weighted by molar-refractivity contribution is -0.116. The Hall–Kier alpha value is -1.85. The molecule has 1 atom stereocenters. The molecule has 0 fully saturated rings. The van der Waals surface area contributed by atoms with Crippen LogP contribution in [0.15, 0.2) is 0 Å². The topological polar surface area (TPSA) is 92.9 Å². The molecule has 1 unspecified atom stereocenters. The number of nitrogen functional groups attached to an aromatic ring is 1. The smallest absolute Gasteiger partial charge is 0.226 e. The van der Waals surface area contributed by atoms with Crippen molar-refractivity contribution in [1.29, 1.82) is 0 Å². The molecule has 1 aromatic rings. The number of nitrogens with zero attached hydrogens (tertiary/aromatic N) is 2. The number of amides is 1. The number of nitrogens with one attached hydrogen (secondary N) is 2. The number of hydrogen-bond donors (Lipinski definition) is 3. The molecule has 1 aliphatic rings. The molecule has 6 nitrogen and oxygen atoms in total. The molecule has 4 N–H and O–H groups in total. The molecule has 0 aliphatic carbocycles. The van der Waals surface area contributed by atoms with Crippen LogP contribution in [0.4, 0.5) is 17.6 Å². The number of nitrogens with two attached hydrogens (primary N) is 1. The van der Waals surface area contributed by atoms with Gasteiger partial charge in [-0.3, -0.25) is 4.79 Å². The molecule has 0 saturated heterocycles. The van der Waals surface area contributed by atoms with Crippen LogP contribution in [-0.4, -0.2) is 22.4 Å². The van der Waals surface area contributed by atoms with Crippen molar-refractivity contribution in [2.45, 2.75) is 39.0 Å². The van der Waals surface area contributed by atoms with Crippen LogP contribution >= 0.6 is 0 Å². The maximum absolute atomic E-state index is 11.5. The standard InChI is InChI=1S/C12H19N5O/c1-3-4-5-14-10-9-7(2)6-8(18)15-11(9)17-12(13)16-10/h7H,3-6H2,1-2H3,(H4,13,14,15,16,17,18). The van der Waals surface area contributed by atoms with Gasteiger partial charge in [0.15, 0.2) is 0 Å². The molecule has 1 amide bonds. The van der Waals surface area contributed by atoms with Crippen LogP contribution < -0.4 is 16.4 Å². The number of hydrogen-bond acceptors (Lipinski definition) is 5. The lowest BCUT2D eigenvalue weighted by Gasteiger charge is -2.24. The number of aromatic nitrogens is 2. The molecule has 0 spiro atoms. The van der Waals surface area contributed by atoms with Crippen LogP contribution in [-0.2, 0) is 4.79 Å². The van der Waals surface area contributed by atoms with Crippen molar-refractivity contribution in [1.82, 2.24) is 9.97 Å². The minimum absolute atomic E-state index is 0.0207. The Morgan fingerprint density at radius 2 is 2.28 bits per heavy atom. The van der Waals surface area contributed by atoms with Gasteiger partial charge in [0.1, 0.15) is 11.6 Å². The van der Waals surface area contributed by atoms with E-state index in [1.54, 1.807) is 0 Å². The third kappa shape index (κ3) is 2.52. The molecule has 2 heterocycles. The summed E-state index contributed by atoms with van der Waals surface area (Å²) in [6.45, 7) is 4.98. The quantitative estimate of drug-likeness (QED) is 0.706. The summed E-state index contributed by atoms with van der Waals surface area (Å²) >= 11 is 0. The van der Waals surface area contributed by atoms with Crippen molar-refractivity contribution in [3.8, 4) is 0 Å². The highest BCUT2D eigenvalue weighted by atomic mass is 16.1. The average Bonchev–Trinajstić information content (AvgIpc) is 2.27. The Morgan fingerprint density at radius 3 is 3.00 bits per heavy atom. The number of fused-ring (bicyclic) bond motifs is 1. The molecule has 1 aromatic heterocycles. The van der Waals surface area contributed by atoms with E-state index in [4.69, 9.17) is 5.73 Å². The molecule has 6 heteroatoms. The predicted octanol–water partition coefficient (Wildman–Crippen LogP) is 1.72. The molecular weight excluding hydrogens is 230 g/mol. The third-order valence-corrected chi connectivity index (χ3v) is 3.03. The van der Waals surface area contributed by atoms with Gasteiger partial charge in [0.05, 0.1) is 0 Å². The van der Waals surface area contributed by atoms with E-state index < -0.39 is 0 Å². The number of anilines is 3. The average molecular weight is 249 g/mol. The van der Waals surface area contributed by atoms with E-state index in [1.807, 2.05) is 6.92 Å². The second-order valence-electron chi connectivity index (χ2n) is 4.63. The Labute approximate surface area is 106 Å². The summed E-state index contributed by atoms with van der Waals surface area (Å²) in [7, 11) is 0. The summed E-state index contributed by atoms with van der Waals surface area (Å²) in [4.78, 5) is 19.8. The normalized spacial score (nSPS) is 18.1. The first-order valence-corrected chi connectivity index (χ1v) is 6.33. The van der Waals surface area contributed by atoms with Gasteiger partial charge in [-0.1, -0.05) is 20.3 Å². The monoisotopic (exact) mass is 249 g/mol. The highest BCUT2D eigenvalue weighted by Gasteiger charge is 2.27. The number of rotatable bonds is 4. The zero-order valence-electron chi connectivity index (χ0n) is 10.8. The highest BCUT2D eigenvalue weighted by Crippen LogP contribution is 2.35. The Balaban J connectivity index is 2.31. The minimum Gasteiger partial charge on any atom is -0.370 e. The van der Waals surface area contributed by atoms with Gasteiger partial charge in [-0.15, -0.1) is 0 Å². The van der Waals surface area contributed by atoms with Crippen molar-refractivity contribution >= 4 is 23.5 Å². The van der Waals surface area contributed by atoms with Crippen LogP contribution in [0.25, 0.3) is 0 Å². The fraction of sp³-hybridized carbons (Fsp3) is 0.583. The molecule has 0 aromatic carbocycles. The summed E-state index contributed by atoms with van der Waals surface area (Å²) in [5, 5.41) is 6.03. The van der Waals surface area contributed by atoms with E-state index in [9.17, 15) is 4.79 Å². The number of carbonyl (C=O) groups is 1. The van der Waals surface area contributed by atoms with Crippen LogP contribution in [0.5, 0.6) is 0 Å². The highest BCUT2D eigenvalue weighted by molar-refractivity contribution is 5.94. The molecule has 98 valence electrons. The van der Waals surface area contributed by atoms with E-state index in [2.05, 4.69) is 27.5 Å². The molecule has 18 heavy (non-hydrogen) atoms. The van der Waals surface area contributed by atoms with Gasteiger partial charge < -0.3 is 16.4 Å². The Morgan fingerprint density at radius 1 is 1.50 bits per heavy atom. The summed E-state index contributed by atoms with van der Waals surface area (Å²) in [6, 6.07) is 0. The van der Waals surface area contributed by atoms with Crippen LogP contribution in [0.1, 0.15) is 44.6 Å². The lowest BCUT2D eigenvalue weighted by Crippen LogP contribution is -2.25. The molecular formula is C12H19N5O. The van der Waals surface area contributed by atoms with Gasteiger partial charge >= 0.3 is 0 Å². The molecule has 0 bridgehead atoms. The van der Waals surface area contributed by atoms with E-state index >= 15 is 0 Å². The zero-order chi connectivity index (χ0) is 13.1. The maximum atomic E-state index is 11.5. The van der Waals surface area contributed by atoms with Gasteiger partial charge in [0.25, 0.3) is 0 Å². The predicted molar refractivity (Wildman–Crippen MR) is 71.5 cm³/mol. The van der Waals surface area contributed by atoms with Gasteiger partial charge in [-0.05, 0) is 12.3 Å². The van der Waals surface area contributed by atoms with Crippen molar-refractivity contribution < 1.29 is 4.79 Å². The fourth-order valence-corrected chi connectivity index (χ4v) is 2.13. The molecule has 0 radical (unpaired) electrons. The SMILES string of the molecule is CCCCNc1nc(N)nc2c1C(C)CC(=O)N2. The summed E-state index contributed by atoms with van der Waals surface area (Å²) < 4.78 is 0. The Kier molecular flexibility index (Phi) is 3.64. The first-order valence-electron chi connectivity index (χ1n) is 6.33. The lowest BCUT2D eigenvalue weighted by atomic mass is 9.95. The molecule has 1 aliphatic heterocycles. The van der Waals surface area contributed by atoms with E-state index in [0.717, 1.165) is 30.8 Å². The Bertz CT molecular complexity index is 460. The second-order valence-corrected chi connectivity index (χ2v) is 4.63. The third-order valence-electron chi connectivity index (χ3n) is 3.03. The molecule has 0 saturated carbocycles. The second kappa shape index (κ2) is 5.20. The van der Waals surface area contributed by atoms with Gasteiger partial charge in [-0.25, -0.2) is 0 Å². The molecule has 2 rings (SSSR count). The minimum atomic E-state index is -0.0207. The summed E-state index contributed by atoms with van der Waals surface area (Å²) in [6.07, 6.45) is 2.64. The zero-order valence-corrected chi connectivity index (χ0v) is 10.8. The van der Waals surface area contributed by atoms with Crippen LogP contribution in [0, 0.1) is 0 Å². The van der Waals surface area contributed by atoms with Crippen molar-refractivity contribution in [3.05, 3.63) is 5.56 Å². The van der Waals surface area contributed by atoms with Gasteiger partial charge in [-0.2, -0.15) is 9.97 Å². The van der Waals surface area contributed by atoms with Crippen molar-refractivity contribution in [2.24, 2.45) is 0 Å².